The monoisotopic (exact) mass is 358 g/mol. The second kappa shape index (κ2) is 6.50. The summed E-state index contributed by atoms with van der Waals surface area (Å²) in [5, 5.41) is 4.40. The summed E-state index contributed by atoms with van der Waals surface area (Å²) in [4.78, 5) is 12.4. The van der Waals surface area contributed by atoms with Crippen molar-refractivity contribution in [3.8, 4) is 0 Å². The Morgan fingerprint density at radius 2 is 2.25 bits per heavy atom. The van der Waals surface area contributed by atoms with E-state index in [4.69, 9.17) is 11.6 Å². The van der Waals surface area contributed by atoms with Crippen LogP contribution >= 0.6 is 27.5 Å². The van der Waals surface area contributed by atoms with Gasteiger partial charge in [-0.15, -0.1) is 0 Å². The summed E-state index contributed by atoms with van der Waals surface area (Å²) < 4.78 is 16.0. The number of ketones is 1. The minimum Gasteiger partial charge on any atom is -0.292 e. The SMILES string of the molecule is CCCn1ncc(Br)c1C(=O)Cc1c(F)cccc1Cl. The first-order valence-electron chi connectivity index (χ1n) is 6.22. The van der Waals surface area contributed by atoms with Gasteiger partial charge in [0.05, 0.1) is 10.7 Å². The molecule has 0 radical (unpaired) electrons. The Morgan fingerprint density at radius 1 is 1.50 bits per heavy atom. The van der Waals surface area contributed by atoms with Crippen LogP contribution in [0.25, 0.3) is 0 Å². The highest BCUT2D eigenvalue weighted by atomic mass is 79.9. The number of halogens is 3. The lowest BCUT2D eigenvalue weighted by atomic mass is 10.1. The highest BCUT2D eigenvalue weighted by molar-refractivity contribution is 9.10. The average molecular weight is 360 g/mol. The Hall–Kier alpha value is -1.20. The largest absolute Gasteiger partial charge is 0.292 e. The quantitative estimate of drug-likeness (QED) is 0.747. The summed E-state index contributed by atoms with van der Waals surface area (Å²) in [5.41, 5.74) is 0.668. The van der Waals surface area contributed by atoms with Crippen LogP contribution in [0.3, 0.4) is 0 Å². The van der Waals surface area contributed by atoms with Crippen molar-refractivity contribution < 1.29 is 9.18 Å². The predicted octanol–water partition coefficient (Wildman–Crippen LogP) is 4.27. The molecule has 0 aliphatic heterocycles. The van der Waals surface area contributed by atoms with Gasteiger partial charge >= 0.3 is 0 Å². The minimum absolute atomic E-state index is 0.0838. The number of hydrogen-bond acceptors (Lipinski definition) is 2. The van der Waals surface area contributed by atoms with E-state index in [1.54, 1.807) is 16.9 Å². The van der Waals surface area contributed by atoms with Crippen LogP contribution in [0.1, 0.15) is 29.4 Å². The van der Waals surface area contributed by atoms with Gasteiger partial charge in [-0.2, -0.15) is 5.10 Å². The lowest BCUT2D eigenvalue weighted by Gasteiger charge is -2.08. The van der Waals surface area contributed by atoms with Gasteiger partial charge in [-0.05, 0) is 34.5 Å². The minimum atomic E-state index is -0.469. The van der Waals surface area contributed by atoms with Gasteiger partial charge in [-0.1, -0.05) is 24.6 Å². The first-order valence-corrected chi connectivity index (χ1v) is 7.39. The van der Waals surface area contributed by atoms with E-state index >= 15 is 0 Å². The number of carbonyl (C=O) groups excluding carboxylic acids is 1. The molecule has 0 saturated carbocycles. The van der Waals surface area contributed by atoms with E-state index in [-0.39, 0.29) is 22.8 Å². The van der Waals surface area contributed by atoms with Crippen molar-refractivity contribution in [1.29, 1.82) is 0 Å². The lowest BCUT2D eigenvalue weighted by molar-refractivity contribution is 0.0980. The number of rotatable bonds is 5. The smallest absolute Gasteiger partial charge is 0.186 e. The fourth-order valence-corrected chi connectivity index (χ4v) is 2.71. The maximum atomic E-state index is 13.7. The number of nitrogens with zero attached hydrogens (tertiary/aromatic N) is 2. The molecule has 106 valence electrons. The number of Topliss-reactive ketones (excluding diaryl/α,β-unsaturated/α-hetero) is 1. The number of carbonyl (C=O) groups is 1. The second-order valence-electron chi connectivity index (χ2n) is 4.36. The number of aromatic nitrogens is 2. The molecule has 1 aromatic heterocycles. The van der Waals surface area contributed by atoms with E-state index in [1.807, 2.05) is 6.92 Å². The van der Waals surface area contributed by atoms with Crippen molar-refractivity contribution in [2.24, 2.45) is 0 Å². The number of hydrogen-bond donors (Lipinski definition) is 0. The molecular formula is C14H13BrClFN2O. The summed E-state index contributed by atoms with van der Waals surface area (Å²) in [7, 11) is 0. The zero-order chi connectivity index (χ0) is 14.7. The van der Waals surface area contributed by atoms with Crippen LogP contribution in [0.5, 0.6) is 0 Å². The van der Waals surface area contributed by atoms with E-state index < -0.39 is 5.82 Å². The molecule has 0 atom stereocenters. The summed E-state index contributed by atoms with van der Waals surface area (Å²) in [6, 6.07) is 4.39. The van der Waals surface area contributed by atoms with E-state index in [2.05, 4.69) is 21.0 Å². The van der Waals surface area contributed by atoms with Gasteiger partial charge in [0.25, 0.3) is 0 Å². The molecule has 0 spiro atoms. The van der Waals surface area contributed by atoms with Crippen LogP contribution < -0.4 is 0 Å². The molecule has 2 rings (SSSR count). The Labute approximate surface area is 129 Å². The molecule has 0 aliphatic rings. The van der Waals surface area contributed by atoms with Gasteiger partial charge < -0.3 is 0 Å². The van der Waals surface area contributed by atoms with Crippen molar-refractivity contribution in [3.05, 3.63) is 51.0 Å². The van der Waals surface area contributed by atoms with Crippen LogP contribution in [0.4, 0.5) is 4.39 Å². The summed E-state index contributed by atoms with van der Waals surface area (Å²) in [5.74, 6) is -0.682. The van der Waals surface area contributed by atoms with Crippen LogP contribution in [-0.4, -0.2) is 15.6 Å². The Bertz CT molecular complexity index is 622. The average Bonchev–Trinajstić information content (AvgIpc) is 2.76. The fourth-order valence-electron chi connectivity index (χ4n) is 1.97. The molecule has 0 unspecified atom stereocenters. The molecular weight excluding hydrogens is 347 g/mol. The standard InChI is InChI=1S/C14H13BrClFN2O/c1-2-6-19-14(10(15)8-18-19)13(20)7-9-11(16)4-3-5-12(9)17/h3-5,8H,2,6-7H2,1H3. The maximum absolute atomic E-state index is 13.7. The number of benzene rings is 1. The highest BCUT2D eigenvalue weighted by Crippen LogP contribution is 2.23. The zero-order valence-corrected chi connectivity index (χ0v) is 13.2. The van der Waals surface area contributed by atoms with Crippen LogP contribution in [-0.2, 0) is 13.0 Å². The lowest BCUT2D eigenvalue weighted by Crippen LogP contribution is -2.14. The molecule has 0 amide bonds. The highest BCUT2D eigenvalue weighted by Gasteiger charge is 2.20. The molecule has 0 fully saturated rings. The predicted molar refractivity (Wildman–Crippen MR) is 79.7 cm³/mol. The van der Waals surface area contributed by atoms with Crippen LogP contribution in [0.2, 0.25) is 5.02 Å². The van der Waals surface area contributed by atoms with Crippen molar-refractivity contribution >= 4 is 33.3 Å². The fraction of sp³-hybridized carbons (Fsp3) is 0.286. The Morgan fingerprint density at radius 3 is 2.90 bits per heavy atom. The molecule has 20 heavy (non-hydrogen) atoms. The summed E-state index contributed by atoms with van der Waals surface area (Å²) >= 11 is 9.26. The molecule has 0 aliphatic carbocycles. The molecule has 0 saturated heterocycles. The Balaban J connectivity index is 2.31. The van der Waals surface area contributed by atoms with Crippen LogP contribution in [0.15, 0.2) is 28.9 Å². The van der Waals surface area contributed by atoms with Crippen molar-refractivity contribution in [2.45, 2.75) is 26.3 Å². The normalized spacial score (nSPS) is 10.8. The van der Waals surface area contributed by atoms with Crippen LogP contribution in [0, 0.1) is 5.82 Å². The van der Waals surface area contributed by atoms with Gasteiger partial charge in [0.2, 0.25) is 0 Å². The summed E-state index contributed by atoms with van der Waals surface area (Å²) in [6.45, 7) is 2.63. The molecule has 6 heteroatoms. The third kappa shape index (κ3) is 3.10. The van der Waals surface area contributed by atoms with Gasteiger partial charge in [-0.25, -0.2) is 4.39 Å². The van der Waals surface area contributed by atoms with Gasteiger partial charge in [0.1, 0.15) is 11.5 Å². The van der Waals surface area contributed by atoms with E-state index in [9.17, 15) is 9.18 Å². The first-order chi connectivity index (χ1) is 9.54. The van der Waals surface area contributed by atoms with E-state index in [0.29, 0.717) is 16.7 Å². The van der Waals surface area contributed by atoms with Crippen molar-refractivity contribution in [1.82, 2.24) is 9.78 Å². The maximum Gasteiger partial charge on any atom is 0.186 e. The molecule has 1 aromatic carbocycles. The second-order valence-corrected chi connectivity index (χ2v) is 5.63. The van der Waals surface area contributed by atoms with Crippen molar-refractivity contribution in [3.63, 3.8) is 0 Å². The Kier molecular flexibility index (Phi) is 4.94. The summed E-state index contributed by atoms with van der Waals surface area (Å²) in [6.07, 6.45) is 2.35. The van der Waals surface area contributed by atoms with Gasteiger partial charge in [-0.3, -0.25) is 9.48 Å². The third-order valence-electron chi connectivity index (χ3n) is 2.89. The van der Waals surface area contributed by atoms with Gasteiger partial charge in [0, 0.05) is 23.6 Å². The van der Waals surface area contributed by atoms with Crippen molar-refractivity contribution in [2.75, 3.05) is 0 Å². The molecule has 3 nitrogen and oxygen atoms in total. The first kappa shape index (κ1) is 15.2. The number of aryl methyl sites for hydroxylation is 1. The molecule has 1 heterocycles. The third-order valence-corrected chi connectivity index (χ3v) is 3.83. The molecule has 0 bridgehead atoms. The molecule has 2 aromatic rings. The topological polar surface area (TPSA) is 34.9 Å². The molecule has 0 N–H and O–H groups in total. The zero-order valence-electron chi connectivity index (χ0n) is 10.9. The van der Waals surface area contributed by atoms with E-state index in [1.165, 1.54) is 12.1 Å². The van der Waals surface area contributed by atoms with E-state index in [0.717, 1.165) is 6.42 Å². The van der Waals surface area contributed by atoms with Gasteiger partial charge in [0.15, 0.2) is 5.78 Å².